The Bertz CT molecular complexity index is 807. The molecule has 2 rings (SSSR count). The van der Waals surface area contributed by atoms with E-state index < -0.39 is 18.0 Å². The molecular weight excluding hydrogens is 348 g/mol. The molecule has 4 N–H and O–H groups in total. The second-order valence-corrected chi connectivity index (χ2v) is 6.24. The quantitative estimate of drug-likeness (QED) is 0.536. The molecular formula is C20H24N2O5. The van der Waals surface area contributed by atoms with E-state index >= 15 is 0 Å². The molecule has 0 spiro atoms. The third kappa shape index (κ3) is 6.31. The molecule has 0 radical (unpaired) electrons. The lowest BCUT2D eigenvalue weighted by Gasteiger charge is -2.16. The van der Waals surface area contributed by atoms with E-state index in [2.05, 4.69) is 10.6 Å². The Hall–Kier alpha value is -3.06. The van der Waals surface area contributed by atoms with Crippen LogP contribution in [0.25, 0.3) is 0 Å². The summed E-state index contributed by atoms with van der Waals surface area (Å²) in [5.41, 5.74) is 2.83. The Kier molecular flexibility index (Phi) is 7.19. The van der Waals surface area contributed by atoms with Crippen LogP contribution < -0.4 is 15.4 Å². The van der Waals surface area contributed by atoms with Gasteiger partial charge in [-0.15, -0.1) is 0 Å². The molecule has 0 aromatic heterocycles. The standard InChI is InChI=1S/C20H24N2O5/c1-13-7-8-18(14(2)9-13)27-12-15(23)10-22-20(26)16-5-3-4-6-17(16)21-11-19(24)25/h3-9,15,21,23H,10-12H2,1-2H3,(H,22,26)(H,24,25)/t15-/m1/s1. The van der Waals surface area contributed by atoms with E-state index in [1.807, 2.05) is 32.0 Å². The summed E-state index contributed by atoms with van der Waals surface area (Å²) < 4.78 is 5.60. The summed E-state index contributed by atoms with van der Waals surface area (Å²) in [7, 11) is 0. The van der Waals surface area contributed by atoms with Gasteiger partial charge < -0.3 is 25.6 Å². The van der Waals surface area contributed by atoms with Crippen molar-refractivity contribution in [1.82, 2.24) is 5.32 Å². The molecule has 0 saturated heterocycles. The van der Waals surface area contributed by atoms with Crippen LogP contribution in [0.15, 0.2) is 42.5 Å². The van der Waals surface area contributed by atoms with Crippen LogP contribution in [-0.4, -0.2) is 47.9 Å². The van der Waals surface area contributed by atoms with Gasteiger partial charge in [-0.05, 0) is 37.6 Å². The first-order valence-corrected chi connectivity index (χ1v) is 8.58. The SMILES string of the molecule is Cc1ccc(OC[C@H](O)CNC(=O)c2ccccc2NCC(=O)O)c(C)c1. The molecule has 2 aromatic rings. The number of benzene rings is 2. The third-order valence-electron chi connectivity index (χ3n) is 3.86. The van der Waals surface area contributed by atoms with Gasteiger partial charge in [0.2, 0.25) is 0 Å². The highest BCUT2D eigenvalue weighted by atomic mass is 16.5. The number of carbonyl (C=O) groups is 2. The second kappa shape index (κ2) is 9.59. The first-order valence-electron chi connectivity index (χ1n) is 8.58. The summed E-state index contributed by atoms with van der Waals surface area (Å²) in [6, 6.07) is 12.4. The topological polar surface area (TPSA) is 108 Å². The number of rotatable bonds is 9. The summed E-state index contributed by atoms with van der Waals surface area (Å²) in [5.74, 6) is -0.743. The summed E-state index contributed by atoms with van der Waals surface area (Å²) in [4.78, 5) is 23.0. The number of amides is 1. The molecule has 0 heterocycles. The van der Waals surface area contributed by atoms with Crippen molar-refractivity contribution in [3.05, 3.63) is 59.2 Å². The van der Waals surface area contributed by atoms with E-state index in [1.54, 1.807) is 24.3 Å². The van der Waals surface area contributed by atoms with Crippen molar-refractivity contribution in [3.63, 3.8) is 0 Å². The molecule has 7 heteroatoms. The van der Waals surface area contributed by atoms with Gasteiger partial charge in [-0.3, -0.25) is 9.59 Å². The molecule has 0 fully saturated rings. The molecule has 0 unspecified atom stereocenters. The molecule has 0 bridgehead atoms. The van der Waals surface area contributed by atoms with Crippen molar-refractivity contribution < 1.29 is 24.5 Å². The second-order valence-electron chi connectivity index (χ2n) is 6.24. The van der Waals surface area contributed by atoms with Crippen LogP contribution in [0, 0.1) is 13.8 Å². The van der Waals surface area contributed by atoms with Gasteiger partial charge in [-0.1, -0.05) is 29.8 Å². The lowest BCUT2D eigenvalue weighted by molar-refractivity contribution is -0.134. The summed E-state index contributed by atoms with van der Waals surface area (Å²) >= 11 is 0. The maximum Gasteiger partial charge on any atom is 0.322 e. The van der Waals surface area contributed by atoms with Crippen LogP contribution in [0.1, 0.15) is 21.5 Å². The lowest BCUT2D eigenvalue weighted by Crippen LogP contribution is -2.35. The first kappa shape index (κ1) is 20.3. The smallest absolute Gasteiger partial charge is 0.322 e. The van der Waals surface area contributed by atoms with Crippen LogP contribution in [-0.2, 0) is 4.79 Å². The van der Waals surface area contributed by atoms with E-state index in [9.17, 15) is 14.7 Å². The van der Waals surface area contributed by atoms with Gasteiger partial charge in [0, 0.05) is 12.2 Å². The molecule has 7 nitrogen and oxygen atoms in total. The number of carboxylic acids is 1. The summed E-state index contributed by atoms with van der Waals surface area (Å²) in [6.07, 6.45) is -0.881. The zero-order chi connectivity index (χ0) is 19.8. The van der Waals surface area contributed by atoms with E-state index in [-0.39, 0.29) is 19.7 Å². The zero-order valence-electron chi connectivity index (χ0n) is 15.4. The normalized spacial score (nSPS) is 11.5. The van der Waals surface area contributed by atoms with Crippen LogP contribution >= 0.6 is 0 Å². The molecule has 0 saturated carbocycles. The van der Waals surface area contributed by atoms with E-state index in [1.165, 1.54) is 0 Å². The van der Waals surface area contributed by atoms with Gasteiger partial charge in [0.15, 0.2) is 0 Å². The Morgan fingerprint density at radius 2 is 1.89 bits per heavy atom. The van der Waals surface area contributed by atoms with Crippen LogP contribution in [0.5, 0.6) is 5.75 Å². The number of ether oxygens (including phenoxy) is 1. The minimum atomic E-state index is -1.02. The molecule has 2 aromatic carbocycles. The monoisotopic (exact) mass is 372 g/mol. The van der Waals surface area contributed by atoms with Gasteiger partial charge in [0.05, 0.1) is 5.56 Å². The number of carbonyl (C=O) groups excluding carboxylic acids is 1. The first-order chi connectivity index (χ1) is 12.9. The van der Waals surface area contributed by atoms with Crippen LogP contribution in [0.4, 0.5) is 5.69 Å². The maximum absolute atomic E-state index is 12.3. The predicted molar refractivity (Wildman–Crippen MR) is 102 cm³/mol. The number of aryl methyl sites for hydroxylation is 2. The van der Waals surface area contributed by atoms with Gasteiger partial charge >= 0.3 is 5.97 Å². The number of carboxylic acid groups (broad SMARTS) is 1. The number of anilines is 1. The Morgan fingerprint density at radius 1 is 1.15 bits per heavy atom. The highest BCUT2D eigenvalue weighted by Crippen LogP contribution is 2.19. The molecule has 144 valence electrons. The number of nitrogens with one attached hydrogen (secondary N) is 2. The third-order valence-corrected chi connectivity index (χ3v) is 3.86. The molecule has 0 aliphatic rings. The van der Waals surface area contributed by atoms with E-state index in [0.29, 0.717) is 17.0 Å². The fraction of sp³-hybridized carbons (Fsp3) is 0.300. The summed E-state index contributed by atoms with van der Waals surface area (Å²) in [6.45, 7) is 3.68. The molecule has 0 aliphatic carbocycles. The Labute approximate surface area is 158 Å². The Balaban J connectivity index is 1.87. The number of aliphatic carboxylic acids is 1. The molecule has 27 heavy (non-hydrogen) atoms. The van der Waals surface area contributed by atoms with Crippen molar-refractivity contribution in [2.75, 3.05) is 25.0 Å². The highest BCUT2D eigenvalue weighted by molar-refractivity contribution is 5.99. The number of aliphatic hydroxyl groups excluding tert-OH is 1. The lowest BCUT2D eigenvalue weighted by atomic mass is 10.1. The van der Waals surface area contributed by atoms with Gasteiger partial charge in [-0.25, -0.2) is 0 Å². The summed E-state index contributed by atoms with van der Waals surface area (Å²) in [5, 5.41) is 24.1. The maximum atomic E-state index is 12.3. The van der Waals surface area contributed by atoms with Crippen molar-refractivity contribution in [2.45, 2.75) is 20.0 Å². The van der Waals surface area contributed by atoms with E-state index in [4.69, 9.17) is 9.84 Å². The highest BCUT2D eigenvalue weighted by Gasteiger charge is 2.14. The van der Waals surface area contributed by atoms with Crippen molar-refractivity contribution >= 4 is 17.6 Å². The molecule has 1 atom stereocenters. The zero-order valence-corrected chi connectivity index (χ0v) is 15.4. The fourth-order valence-electron chi connectivity index (χ4n) is 2.52. The van der Waals surface area contributed by atoms with Crippen molar-refractivity contribution in [2.24, 2.45) is 0 Å². The fourth-order valence-corrected chi connectivity index (χ4v) is 2.52. The average molecular weight is 372 g/mol. The minimum absolute atomic E-state index is 0.0109. The van der Waals surface area contributed by atoms with Gasteiger partial charge in [-0.2, -0.15) is 0 Å². The van der Waals surface area contributed by atoms with Crippen LogP contribution in [0.2, 0.25) is 0 Å². The van der Waals surface area contributed by atoms with Crippen LogP contribution in [0.3, 0.4) is 0 Å². The van der Waals surface area contributed by atoms with Gasteiger partial charge in [0.25, 0.3) is 5.91 Å². The predicted octanol–water partition coefficient (Wildman–Crippen LogP) is 1.97. The number of hydrogen-bond acceptors (Lipinski definition) is 5. The number of hydrogen-bond donors (Lipinski definition) is 4. The average Bonchev–Trinajstić information content (AvgIpc) is 2.64. The van der Waals surface area contributed by atoms with Gasteiger partial charge in [0.1, 0.15) is 25.0 Å². The number of aliphatic hydroxyl groups is 1. The molecule has 0 aliphatic heterocycles. The van der Waals surface area contributed by atoms with E-state index in [0.717, 1.165) is 11.1 Å². The molecule has 1 amide bonds. The van der Waals surface area contributed by atoms with Crippen molar-refractivity contribution in [3.8, 4) is 5.75 Å². The minimum Gasteiger partial charge on any atom is -0.491 e. The Morgan fingerprint density at radius 3 is 2.59 bits per heavy atom. The number of para-hydroxylation sites is 1. The largest absolute Gasteiger partial charge is 0.491 e. The van der Waals surface area contributed by atoms with Crippen molar-refractivity contribution in [1.29, 1.82) is 0 Å².